The van der Waals surface area contributed by atoms with Crippen molar-refractivity contribution >= 4 is 45.7 Å². The molecule has 2 heterocycles. The lowest BCUT2D eigenvalue weighted by Gasteiger charge is -2.10. The van der Waals surface area contributed by atoms with Crippen molar-refractivity contribution in [2.45, 2.75) is 24.8 Å². The van der Waals surface area contributed by atoms with Crippen LogP contribution in [0.2, 0.25) is 5.02 Å². The molecule has 0 atom stereocenters. The molecule has 2 aromatic heterocycles. The van der Waals surface area contributed by atoms with Crippen LogP contribution in [0.3, 0.4) is 0 Å². The molecule has 0 saturated heterocycles. The lowest BCUT2D eigenvalue weighted by Crippen LogP contribution is -2.15. The third kappa shape index (κ3) is 5.03. The summed E-state index contributed by atoms with van der Waals surface area (Å²) < 4.78 is 1.66. The Morgan fingerprint density at radius 3 is 2.46 bits per heavy atom. The monoisotopic (exact) mass is 500 g/mol. The average Bonchev–Trinajstić information content (AvgIpc) is 3.27. The van der Waals surface area contributed by atoms with E-state index in [1.807, 2.05) is 74.5 Å². The van der Waals surface area contributed by atoms with Gasteiger partial charge in [-0.15, -0.1) is 5.10 Å². The number of aromatic nitrogens is 5. The molecule has 0 aliphatic heterocycles. The standard InChI is InChI=1S/C26H21ClN6OS/c1-16-14-17(2)29-26(28-16)35-15-23-24(31-32-33(23)20-12-10-19(27)11-13-20)25(34)30-22-9-5-7-18-6-3-4-8-21(18)22/h3-14H,15H2,1-2H3,(H,30,34). The normalized spacial score (nSPS) is 11.1. The largest absolute Gasteiger partial charge is 0.320 e. The summed E-state index contributed by atoms with van der Waals surface area (Å²) in [6.07, 6.45) is 0. The fourth-order valence-corrected chi connectivity index (χ4v) is 4.87. The molecular weight excluding hydrogens is 480 g/mol. The van der Waals surface area contributed by atoms with Gasteiger partial charge < -0.3 is 5.32 Å². The fraction of sp³-hybridized carbons (Fsp3) is 0.115. The van der Waals surface area contributed by atoms with E-state index in [0.717, 1.165) is 27.8 Å². The molecule has 1 amide bonds. The van der Waals surface area contributed by atoms with Crippen LogP contribution in [0.4, 0.5) is 5.69 Å². The van der Waals surface area contributed by atoms with Gasteiger partial charge in [-0.25, -0.2) is 14.6 Å². The fourth-order valence-electron chi connectivity index (χ4n) is 3.80. The summed E-state index contributed by atoms with van der Waals surface area (Å²) in [6.45, 7) is 3.86. The third-order valence-corrected chi connectivity index (χ3v) is 6.50. The van der Waals surface area contributed by atoms with Crippen LogP contribution >= 0.6 is 23.4 Å². The number of hydrogen-bond donors (Lipinski definition) is 1. The number of hydrogen-bond acceptors (Lipinski definition) is 6. The molecule has 1 N–H and O–H groups in total. The highest BCUT2D eigenvalue weighted by Crippen LogP contribution is 2.27. The lowest BCUT2D eigenvalue weighted by atomic mass is 10.1. The molecule has 9 heteroatoms. The van der Waals surface area contributed by atoms with Crippen LogP contribution in [0.25, 0.3) is 16.5 Å². The van der Waals surface area contributed by atoms with E-state index in [1.54, 1.807) is 16.8 Å². The predicted octanol–water partition coefficient (Wildman–Crippen LogP) is 6.03. The first-order chi connectivity index (χ1) is 17.0. The quantitative estimate of drug-likeness (QED) is 0.226. The molecule has 5 aromatic rings. The number of rotatable bonds is 6. The zero-order chi connectivity index (χ0) is 24.4. The Hall–Kier alpha value is -3.75. The number of amides is 1. The molecule has 7 nitrogen and oxygen atoms in total. The zero-order valence-corrected chi connectivity index (χ0v) is 20.6. The number of fused-ring (bicyclic) bond motifs is 1. The molecule has 0 fully saturated rings. The lowest BCUT2D eigenvalue weighted by molar-refractivity contribution is 0.102. The van der Waals surface area contributed by atoms with Crippen molar-refractivity contribution in [3.05, 3.63) is 101 Å². The predicted molar refractivity (Wildman–Crippen MR) is 139 cm³/mol. The Kier molecular flexibility index (Phi) is 6.48. The molecule has 35 heavy (non-hydrogen) atoms. The van der Waals surface area contributed by atoms with Crippen molar-refractivity contribution in [2.75, 3.05) is 5.32 Å². The Balaban J connectivity index is 1.50. The van der Waals surface area contributed by atoms with E-state index in [4.69, 9.17) is 11.6 Å². The van der Waals surface area contributed by atoms with Gasteiger partial charge >= 0.3 is 0 Å². The van der Waals surface area contributed by atoms with Crippen molar-refractivity contribution in [3.8, 4) is 5.69 Å². The Morgan fingerprint density at radius 1 is 0.971 bits per heavy atom. The molecule has 0 saturated carbocycles. The van der Waals surface area contributed by atoms with Crippen LogP contribution in [0, 0.1) is 13.8 Å². The first-order valence-electron chi connectivity index (χ1n) is 10.9. The van der Waals surface area contributed by atoms with Crippen LogP contribution in [0.15, 0.2) is 78.0 Å². The minimum absolute atomic E-state index is 0.241. The minimum Gasteiger partial charge on any atom is -0.320 e. The van der Waals surface area contributed by atoms with E-state index in [9.17, 15) is 4.79 Å². The van der Waals surface area contributed by atoms with E-state index in [0.29, 0.717) is 27.3 Å². The summed E-state index contributed by atoms with van der Waals surface area (Å²) in [7, 11) is 0. The molecule has 5 rings (SSSR count). The van der Waals surface area contributed by atoms with Crippen LogP contribution in [-0.2, 0) is 5.75 Å². The number of carbonyl (C=O) groups is 1. The molecular formula is C26H21ClN6OS. The smallest absolute Gasteiger partial charge is 0.278 e. The van der Waals surface area contributed by atoms with Gasteiger partial charge in [-0.05, 0) is 55.6 Å². The molecule has 0 aliphatic rings. The maximum Gasteiger partial charge on any atom is 0.278 e. The molecule has 0 bridgehead atoms. The number of carbonyl (C=O) groups excluding carboxylic acids is 1. The van der Waals surface area contributed by atoms with Crippen molar-refractivity contribution in [1.82, 2.24) is 25.0 Å². The highest BCUT2D eigenvalue weighted by Gasteiger charge is 2.22. The Labute approximate surface area is 211 Å². The first-order valence-corrected chi connectivity index (χ1v) is 12.3. The highest BCUT2D eigenvalue weighted by molar-refractivity contribution is 7.98. The Bertz CT molecular complexity index is 1510. The second-order valence-corrected chi connectivity index (χ2v) is 9.35. The van der Waals surface area contributed by atoms with Gasteiger partial charge in [0.15, 0.2) is 10.9 Å². The summed E-state index contributed by atoms with van der Waals surface area (Å²) >= 11 is 7.50. The maximum atomic E-state index is 13.4. The summed E-state index contributed by atoms with van der Waals surface area (Å²) in [6, 6.07) is 22.8. The van der Waals surface area contributed by atoms with Gasteiger partial charge in [-0.2, -0.15) is 0 Å². The van der Waals surface area contributed by atoms with Gasteiger partial charge in [0.25, 0.3) is 5.91 Å². The third-order valence-electron chi connectivity index (χ3n) is 5.39. The van der Waals surface area contributed by atoms with Gasteiger partial charge in [-0.3, -0.25) is 4.79 Å². The van der Waals surface area contributed by atoms with Crippen LogP contribution in [0.1, 0.15) is 27.6 Å². The number of benzene rings is 3. The van der Waals surface area contributed by atoms with Crippen molar-refractivity contribution < 1.29 is 4.79 Å². The number of aryl methyl sites for hydroxylation is 2. The van der Waals surface area contributed by atoms with Crippen molar-refractivity contribution in [2.24, 2.45) is 0 Å². The number of halogens is 1. The highest BCUT2D eigenvalue weighted by atomic mass is 35.5. The second-order valence-electron chi connectivity index (χ2n) is 7.98. The van der Waals surface area contributed by atoms with Crippen LogP contribution < -0.4 is 5.32 Å². The number of nitrogens with zero attached hydrogens (tertiary/aromatic N) is 5. The second kappa shape index (κ2) is 9.85. The summed E-state index contributed by atoms with van der Waals surface area (Å²) in [5.74, 6) is 0.0649. The molecule has 0 radical (unpaired) electrons. The first kappa shape index (κ1) is 23.0. The average molecular weight is 501 g/mol. The van der Waals surface area contributed by atoms with Gasteiger partial charge in [0.1, 0.15) is 0 Å². The maximum absolute atomic E-state index is 13.4. The summed E-state index contributed by atoms with van der Waals surface area (Å²) in [5, 5.41) is 14.8. The van der Waals surface area contributed by atoms with Gasteiger partial charge in [0.2, 0.25) is 0 Å². The van der Waals surface area contributed by atoms with Gasteiger partial charge in [0, 0.05) is 33.2 Å². The van der Waals surface area contributed by atoms with Crippen molar-refractivity contribution in [3.63, 3.8) is 0 Å². The molecule has 3 aromatic carbocycles. The number of thioether (sulfide) groups is 1. The zero-order valence-electron chi connectivity index (χ0n) is 19.1. The van der Waals surface area contributed by atoms with Crippen molar-refractivity contribution in [1.29, 1.82) is 0 Å². The van der Waals surface area contributed by atoms with E-state index < -0.39 is 0 Å². The molecule has 0 unspecified atom stereocenters. The van der Waals surface area contributed by atoms with E-state index in [2.05, 4.69) is 25.6 Å². The van der Waals surface area contributed by atoms with Crippen LogP contribution in [0.5, 0.6) is 0 Å². The number of nitrogens with one attached hydrogen (secondary N) is 1. The van der Waals surface area contributed by atoms with E-state index >= 15 is 0 Å². The summed E-state index contributed by atoms with van der Waals surface area (Å²) in [5.41, 5.74) is 4.12. The number of anilines is 1. The SMILES string of the molecule is Cc1cc(C)nc(SCc2c(C(=O)Nc3cccc4ccccc34)nnn2-c2ccc(Cl)cc2)n1. The minimum atomic E-state index is -0.335. The van der Waals surface area contributed by atoms with E-state index in [-0.39, 0.29) is 11.6 Å². The van der Waals surface area contributed by atoms with Gasteiger partial charge in [-0.1, -0.05) is 65.0 Å². The van der Waals surface area contributed by atoms with Gasteiger partial charge in [0.05, 0.1) is 11.4 Å². The van der Waals surface area contributed by atoms with E-state index in [1.165, 1.54) is 11.8 Å². The van der Waals surface area contributed by atoms with Crippen LogP contribution in [-0.4, -0.2) is 30.9 Å². The molecule has 0 aliphatic carbocycles. The Morgan fingerprint density at radius 2 is 1.69 bits per heavy atom. The summed E-state index contributed by atoms with van der Waals surface area (Å²) in [4.78, 5) is 22.4. The molecule has 174 valence electrons. The molecule has 0 spiro atoms. The topological polar surface area (TPSA) is 85.6 Å².